The molecule has 3 nitrogen and oxygen atoms in total. The van der Waals surface area contributed by atoms with Crippen molar-refractivity contribution >= 4 is 11.4 Å². The Morgan fingerprint density at radius 2 is 2.06 bits per heavy atom. The van der Waals surface area contributed by atoms with Crippen LogP contribution < -0.4 is 10.6 Å². The van der Waals surface area contributed by atoms with Gasteiger partial charge in [0.05, 0.1) is 17.6 Å². The highest BCUT2D eigenvalue weighted by molar-refractivity contribution is 5.65. The van der Waals surface area contributed by atoms with Crippen molar-refractivity contribution in [2.45, 2.75) is 6.54 Å². The molecule has 18 heavy (non-hydrogen) atoms. The summed E-state index contributed by atoms with van der Waals surface area (Å²) in [5.41, 5.74) is 7.28. The van der Waals surface area contributed by atoms with Crippen LogP contribution in [0, 0.1) is 11.6 Å². The molecule has 0 radical (unpaired) electrons. The summed E-state index contributed by atoms with van der Waals surface area (Å²) in [4.78, 5) is 5.63. The first-order valence-electron chi connectivity index (χ1n) is 5.42. The van der Waals surface area contributed by atoms with E-state index in [0.29, 0.717) is 5.69 Å². The van der Waals surface area contributed by atoms with E-state index in [4.69, 9.17) is 5.73 Å². The van der Waals surface area contributed by atoms with Crippen LogP contribution in [-0.4, -0.2) is 12.0 Å². The molecule has 0 spiro atoms. The second kappa shape index (κ2) is 5.00. The highest BCUT2D eigenvalue weighted by atomic mass is 19.1. The molecule has 0 fully saturated rings. The summed E-state index contributed by atoms with van der Waals surface area (Å²) in [6.45, 7) is 0.234. The Hall–Kier alpha value is -2.17. The third-order valence-corrected chi connectivity index (χ3v) is 2.65. The molecule has 1 heterocycles. The Morgan fingerprint density at radius 3 is 2.78 bits per heavy atom. The Labute approximate surface area is 104 Å². The number of aromatic nitrogens is 1. The van der Waals surface area contributed by atoms with Gasteiger partial charge in [0, 0.05) is 25.4 Å². The molecular formula is C13H13F2N3. The third kappa shape index (κ3) is 2.56. The SMILES string of the molecule is CN(Cc1cc(F)ccc1F)c1ccncc1N. The summed E-state index contributed by atoms with van der Waals surface area (Å²) in [6, 6.07) is 5.13. The molecule has 0 aliphatic carbocycles. The monoisotopic (exact) mass is 249 g/mol. The van der Waals surface area contributed by atoms with Gasteiger partial charge in [-0.05, 0) is 24.3 Å². The van der Waals surface area contributed by atoms with Crippen LogP contribution >= 0.6 is 0 Å². The Bertz CT molecular complexity index is 558. The average Bonchev–Trinajstić information content (AvgIpc) is 2.34. The van der Waals surface area contributed by atoms with Gasteiger partial charge in [0.1, 0.15) is 11.6 Å². The first kappa shape index (κ1) is 12.3. The molecular weight excluding hydrogens is 236 g/mol. The van der Waals surface area contributed by atoms with E-state index in [9.17, 15) is 8.78 Å². The van der Waals surface area contributed by atoms with Crippen molar-refractivity contribution in [3.05, 3.63) is 53.9 Å². The lowest BCUT2D eigenvalue weighted by atomic mass is 10.2. The quantitative estimate of drug-likeness (QED) is 0.909. The van der Waals surface area contributed by atoms with E-state index in [0.717, 1.165) is 17.8 Å². The zero-order valence-corrected chi connectivity index (χ0v) is 9.90. The van der Waals surface area contributed by atoms with Crippen LogP contribution in [0.25, 0.3) is 0 Å². The van der Waals surface area contributed by atoms with Crippen molar-refractivity contribution in [3.63, 3.8) is 0 Å². The second-order valence-corrected chi connectivity index (χ2v) is 4.03. The standard InChI is InChI=1S/C13H13F2N3/c1-18(13-4-5-17-7-12(13)16)8-9-6-10(14)2-3-11(9)15/h2-7H,8,16H2,1H3. The fourth-order valence-corrected chi connectivity index (χ4v) is 1.75. The Kier molecular flexibility index (Phi) is 3.41. The largest absolute Gasteiger partial charge is 0.396 e. The topological polar surface area (TPSA) is 42.2 Å². The normalized spacial score (nSPS) is 10.4. The number of nitrogens with two attached hydrogens (primary N) is 1. The minimum Gasteiger partial charge on any atom is -0.396 e. The van der Waals surface area contributed by atoms with E-state index in [1.807, 2.05) is 0 Å². The van der Waals surface area contributed by atoms with Crippen molar-refractivity contribution in [1.82, 2.24) is 4.98 Å². The number of halogens is 2. The maximum Gasteiger partial charge on any atom is 0.128 e. The van der Waals surface area contributed by atoms with Crippen LogP contribution in [0.5, 0.6) is 0 Å². The summed E-state index contributed by atoms with van der Waals surface area (Å²) >= 11 is 0. The zero-order chi connectivity index (χ0) is 13.1. The van der Waals surface area contributed by atoms with Crippen LogP contribution in [0.4, 0.5) is 20.2 Å². The summed E-state index contributed by atoms with van der Waals surface area (Å²) in [6.07, 6.45) is 3.12. The van der Waals surface area contributed by atoms with Crippen molar-refractivity contribution in [2.24, 2.45) is 0 Å². The van der Waals surface area contributed by atoms with Crippen molar-refractivity contribution in [3.8, 4) is 0 Å². The summed E-state index contributed by atoms with van der Waals surface area (Å²) in [5, 5.41) is 0. The first-order chi connectivity index (χ1) is 8.58. The molecule has 2 rings (SSSR count). The number of nitrogen functional groups attached to an aromatic ring is 1. The molecule has 1 aromatic heterocycles. The van der Waals surface area contributed by atoms with E-state index >= 15 is 0 Å². The average molecular weight is 249 g/mol. The van der Waals surface area contributed by atoms with Gasteiger partial charge in [-0.2, -0.15) is 0 Å². The van der Waals surface area contributed by atoms with E-state index in [1.54, 1.807) is 24.2 Å². The van der Waals surface area contributed by atoms with E-state index in [2.05, 4.69) is 4.98 Å². The molecule has 0 bridgehead atoms. The first-order valence-corrected chi connectivity index (χ1v) is 5.42. The van der Waals surface area contributed by atoms with Crippen LogP contribution in [0.1, 0.15) is 5.56 Å². The molecule has 0 aliphatic heterocycles. The molecule has 1 aromatic carbocycles. The van der Waals surface area contributed by atoms with E-state index in [1.165, 1.54) is 12.3 Å². The lowest BCUT2D eigenvalue weighted by Crippen LogP contribution is -2.18. The molecule has 0 saturated carbocycles. The van der Waals surface area contributed by atoms with Gasteiger partial charge in [0.25, 0.3) is 0 Å². The molecule has 5 heteroatoms. The highest BCUT2D eigenvalue weighted by Crippen LogP contribution is 2.22. The molecule has 94 valence electrons. The van der Waals surface area contributed by atoms with Crippen molar-refractivity contribution in [2.75, 3.05) is 17.7 Å². The third-order valence-electron chi connectivity index (χ3n) is 2.65. The van der Waals surface area contributed by atoms with E-state index < -0.39 is 11.6 Å². The maximum atomic E-state index is 13.5. The van der Waals surface area contributed by atoms with Crippen molar-refractivity contribution in [1.29, 1.82) is 0 Å². The minimum absolute atomic E-state index is 0.234. The second-order valence-electron chi connectivity index (χ2n) is 4.03. The predicted molar refractivity (Wildman–Crippen MR) is 67.1 cm³/mol. The van der Waals surface area contributed by atoms with Gasteiger partial charge >= 0.3 is 0 Å². The lowest BCUT2D eigenvalue weighted by molar-refractivity contribution is 0.583. The fourth-order valence-electron chi connectivity index (χ4n) is 1.75. The molecule has 0 amide bonds. The minimum atomic E-state index is -0.456. The van der Waals surface area contributed by atoms with Gasteiger partial charge in [-0.1, -0.05) is 0 Å². The van der Waals surface area contributed by atoms with E-state index in [-0.39, 0.29) is 12.1 Å². The Morgan fingerprint density at radius 1 is 1.28 bits per heavy atom. The van der Waals surface area contributed by atoms with Crippen LogP contribution in [0.15, 0.2) is 36.7 Å². The van der Waals surface area contributed by atoms with Crippen LogP contribution in [0.3, 0.4) is 0 Å². The number of pyridine rings is 1. The van der Waals surface area contributed by atoms with Gasteiger partial charge < -0.3 is 10.6 Å². The van der Waals surface area contributed by atoms with Gasteiger partial charge in [0.2, 0.25) is 0 Å². The number of benzene rings is 1. The van der Waals surface area contributed by atoms with Gasteiger partial charge in [-0.15, -0.1) is 0 Å². The highest BCUT2D eigenvalue weighted by Gasteiger charge is 2.09. The number of hydrogen-bond donors (Lipinski definition) is 1. The summed E-state index contributed by atoms with van der Waals surface area (Å²) < 4.78 is 26.6. The molecule has 0 unspecified atom stereocenters. The smallest absolute Gasteiger partial charge is 0.128 e. The number of rotatable bonds is 3. The molecule has 0 saturated heterocycles. The summed E-state index contributed by atoms with van der Waals surface area (Å²) in [7, 11) is 1.76. The van der Waals surface area contributed by atoms with Crippen LogP contribution in [-0.2, 0) is 6.54 Å². The molecule has 0 atom stereocenters. The Balaban J connectivity index is 2.24. The molecule has 2 aromatic rings. The number of anilines is 2. The van der Waals surface area contributed by atoms with Gasteiger partial charge in [0.15, 0.2) is 0 Å². The van der Waals surface area contributed by atoms with Gasteiger partial charge in [-0.3, -0.25) is 4.98 Å². The van der Waals surface area contributed by atoms with Crippen molar-refractivity contribution < 1.29 is 8.78 Å². The zero-order valence-electron chi connectivity index (χ0n) is 9.90. The maximum absolute atomic E-state index is 13.5. The molecule has 0 aliphatic rings. The molecule has 2 N–H and O–H groups in total. The number of hydrogen-bond acceptors (Lipinski definition) is 3. The van der Waals surface area contributed by atoms with Crippen LogP contribution in [0.2, 0.25) is 0 Å². The lowest BCUT2D eigenvalue weighted by Gasteiger charge is -2.21. The fraction of sp³-hybridized carbons (Fsp3) is 0.154. The number of nitrogens with zero attached hydrogens (tertiary/aromatic N) is 2. The summed E-state index contributed by atoms with van der Waals surface area (Å²) in [5.74, 6) is -0.890. The predicted octanol–water partition coefficient (Wildman–Crippen LogP) is 2.58. The van der Waals surface area contributed by atoms with Gasteiger partial charge in [-0.25, -0.2) is 8.78 Å².